The maximum atomic E-state index is 10.7. The maximum absolute atomic E-state index is 10.7. The number of rotatable bonds is 43. The van der Waals surface area contributed by atoms with Crippen LogP contribution in [-0.4, -0.2) is 201 Å². The van der Waals surface area contributed by atoms with E-state index in [-0.39, 0.29) is 167 Å². The van der Waals surface area contributed by atoms with Crippen molar-refractivity contribution in [1.29, 1.82) is 0 Å². The van der Waals surface area contributed by atoms with E-state index in [1.807, 2.05) is 73.6 Å². The third-order valence-corrected chi connectivity index (χ3v) is 16.7. The maximum Gasteiger partial charge on any atom is 0.695 e. The Labute approximate surface area is 849 Å². The predicted molar refractivity (Wildman–Crippen MR) is 595 cm³/mol. The Bertz CT molecular complexity index is 2190. The highest BCUT2D eigenvalue weighted by Crippen LogP contribution is 2.24. The normalized spacial score (nSPS) is 10.5. The molecule has 0 heterocycles. The summed E-state index contributed by atoms with van der Waals surface area (Å²) in [6.45, 7) is 45.4. The molecule has 0 rings (SSSR count). The molecule has 0 radical (unpaired) electrons. The monoisotopic (exact) mass is 2310 g/mol. The lowest BCUT2D eigenvalue weighted by Crippen LogP contribution is -2.05. The molecule has 0 aliphatic heterocycles. The standard InChI is InChI=1S/C9H20O2P.C8H17O3P.C6H12O2P.C5H9O3P.2C5H12O2P.C4H9O3P.C4H10O2P.C3H7O3P.3C2H6O2P.4CH3O3P.20CH4/c1-4-6-7-9(5-2)8-11-12(3)10;1-3-5-6-8(4-2)7-11-12(9)10;1-3-4-5-6-8-9(2)7;1-2-3-4-5-8-9(6)7;1-5(2)4-7-8(3)6;1-3-4-5-7-8(2)6;1-4(2)3-7-8(5)6;1-4(2)6-7(3)5;1-3(2)6-7(4)5;7*1-4-5(2)3;;;;;;;;;;;;;;;;;;;;/h9H,4-8H2,1-3H3;8H,3-7H2,1-2H3;4-5H,3,6H2,1-2H3;3-4H,2,5H2,1H3;5H,4H2,1-3H3;3-5H2,1-2H3;4H,3H2,1-2H3;4H,1-3H3;3H,1-2H3;3*1-2H3;4*1H3;20*1H4/q+1;;+1;;2*+1;;+1;;3*+1;;;;;;;;;;;;;;;;;;;;;;;;/p+8. The fourth-order valence-corrected chi connectivity index (χ4v) is 7.72. The van der Waals surface area contributed by atoms with Gasteiger partial charge in [-0.3, -0.25) is 0 Å². The lowest BCUT2D eigenvalue weighted by Gasteiger charge is -2.09. The summed E-state index contributed by atoms with van der Waals surface area (Å²) < 4.78 is 228. The first-order valence-corrected chi connectivity index (χ1v) is 56.5. The van der Waals surface area contributed by atoms with Gasteiger partial charge in [-0.15, -0.1) is 112 Å². The zero-order valence-electron chi connectivity index (χ0n) is 73.0. The molecule has 0 spiro atoms. The minimum absolute atomic E-state index is 0. The van der Waals surface area contributed by atoms with Crippen molar-refractivity contribution in [2.24, 2.45) is 23.7 Å². The third kappa shape index (κ3) is 463. The van der Waals surface area contributed by atoms with Crippen LogP contribution in [0.3, 0.4) is 0 Å². The summed E-state index contributed by atoms with van der Waals surface area (Å²) in [4.78, 5) is 63.2. The van der Waals surface area contributed by atoms with Crippen molar-refractivity contribution in [3.8, 4) is 0 Å². The van der Waals surface area contributed by atoms with Gasteiger partial charge in [-0.05, 0) is 120 Å². The van der Waals surface area contributed by atoms with Gasteiger partial charge >= 0.3 is 130 Å². The van der Waals surface area contributed by atoms with Crippen LogP contribution in [0, 0.1) is 23.7 Å². The fourth-order valence-electron chi connectivity index (χ4n) is 4.18. The zero-order chi connectivity index (χ0) is 94.3. The molecule has 8 N–H and O–H groups in total. The average molecular weight is 2310 g/mol. The first-order chi connectivity index (χ1) is 53.1. The number of hydrogen-bond donors (Lipinski definition) is 8. The average Bonchev–Trinajstić information content (AvgIpc) is 1.01. The molecule has 18 unspecified atom stereocenters. The summed E-state index contributed by atoms with van der Waals surface area (Å²) in [6, 6.07) is 0. The lowest BCUT2D eigenvalue weighted by atomic mass is 10.0. The Morgan fingerprint density at radius 1 is 0.237 bits per heavy atom. The first kappa shape index (κ1) is 247. The Balaban J connectivity index is -0.0000000227. The van der Waals surface area contributed by atoms with E-state index < -0.39 is 130 Å². The van der Waals surface area contributed by atoms with E-state index in [0.717, 1.165) is 44.9 Å². The van der Waals surface area contributed by atoms with Gasteiger partial charge in [-0.25, -0.2) is 0 Å². The van der Waals surface area contributed by atoms with E-state index >= 15 is 0 Å². The topological polar surface area (TPSA) is 583 Å². The SMILES string of the molecule is C.C.C.C.C.C.C.C.C.C.C.C.C.C.C.C.C.C.C.C.CC(C)CO[P+](=O)O.CC(C)CO[P+](C)=O.CC(C)O[P+](=O)O.CC(C)O[P+](C)=O.CCC=CCO[P+](=O)O.CCC=CCO[P+](C)=O.CCCCC(CC)CO[P+](=O)O.CCCCC(CC)CO[P+](C)=O.CCCCO[P+](C)=O.CO[P+](=O)O.CO[P+](=O)O.CO[P+](=O)O.CO[P+](=O)O.CO[P+](C)=O.CO[P+](C)=O.CO[P+](C)=O. The molecule has 0 aromatic carbocycles. The Hall–Kier alpha value is 0.120. The van der Waals surface area contributed by atoms with Gasteiger partial charge in [0.1, 0.15) is 58.5 Å². The molecule has 0 aromatic rings. The van der Waals surface area contributed by atoms with E-state index in [1.54, 1.807) is 53.2 Å². The highest BCUT2D eigenvalue weighted by Gasteiger charge is 2.18. The van der Waals surface area contributed by atoms with Crippen molar-refractivity contribution in [2.75, 3.05) is 149 Å². The van der Waals surface area contributed by atoms with Crippen LogP contribution in [0.1, 0.15) is 329 Å². The molecule has 0 aromatic heterocycles. The molecular weight excluding hydrogens is 2080 g/mol. The van der Waals surface area contributed by atoms with Gasteiger partial charge in [0.2, 0.25) is 0 Å². The summed E-state index contributed by atoms with van der Waals surface area (Å²) in [5, 5.41) is 0. The molecule has 0 aliphatic carbocycles. The second-order valence-corrected chi connectivity index (χ2v) is 37.0. The smallest absolute Gasteiger partial charge is 0.150 e. The van der Waals surface area contributed by atoms with Crippen molar-refractivity contribution >= 4 is 130 Å². The van der Waals surface area contributed by atoms with Gasteiger partial charge in [0.15, 0.2) is 53.3 Å². The molecule has 18 atom stereocenters. The van der Waals surface area contributed by atoms with Crippen LogP contribution in [-0.2, 0) is 145 Å². The molecule has 56 heteroatoms. The summed E-state index contributed by atoms with van der Waals surface area (Å²) in [6.07, 6.45) is 20.7. The van der Waals surface area contributed by atoms with Crippen molar-refractivity contribution in [1.82, 2.24) is 0 Å². The number of allylic oxidation sites excluding steroid dienone is 2. The van der Waals surface area contributed by atoms with E-state index in [1.165, 1.54) is 102 Å². The van der Waals surface area contributed by atoms with E-state index in [9.17, 15) is 73.0 Å². The van der Waals surface area contributed by atoms with Gasteiger partial charge in [-0.2, -0.15) is 0 Å². The van der Waals surface area contributed by atoms with Crippen LogP contribution in [0.15, 0.2) is 24.3 Å². The highest BCUT2D eigenvalue weighted by molar-refractivity contribution is 7.40. The van der Waals surface area contributed by atoms with Crippen LogP contribution in [0.4, 0.5) is 0 Å². The molecule has 0 fully saturated rings. The van der Waals surface area contributed by atoms with Gasteiger partial charge < -0.3 is 0 Å². The minimum atomic E-state index is -2.42. The van der Waals surface area contributed by atoms with Crippen molar-refractivity contribution < 1.29 is 185 Å². The fraction of sp³-hybridized carbons (Fsp3) is 0.949. The molecule has 0 saturated carbocycles. The Kier molecular flexibility index (Phi) is 394. The van der Waals surface area contributed by atoms with Gasteiger partial charge in [0, 0.05) is 36.5 Å². The van der Waals surface area contributed by atoms with Gasteiger partial charge in [-0.1, -0.05) is 294 Å². The lowest BCUT2D eigenvalue weighted by molar-refractivity contribution is 0.218. The number of hydrogen-bond acceptors (Lipinski definition) is 32. The van der Waals surface area contributed by atoms with Crippen molar-refractivity contribution in [3.05, 3.63) is 24.3 Å². The molecule has 0 amide bonds. The van der Waals surface area contributed by atoms with Crippen LogP contribution < -0.4 is 0 Å². The predicted octanol–water partition coefficient (Wildman–Crippen LogP) is 35.6. The van der Waals surface area contributed by atoms with Gasteiger partial charge in [0.25, 0.3) is 0 Å². The van der Waals surface area contributed by atoms with Gasteiger partial charge in [0.05, 0.1) is 49.8 Å². The van der Waals surface area contributed by atoms with E-state index in [4.69, 9.17) is 61.8 Å². The van der Waals surface area contributed by atoms with E-state index in [0.29, 0.717) is 63.3 Å². The largest absolute Gasteiger partial charge is 0.695 e. The van der Waals surface area contributed by atoms with Crippen LogP contribution in [0.2, 0.25) is 0 Å². The second-order valence-electron chi connectivity index (χ2n) is 21.3. The second kappa shape index (κ2) is 215. The van der Waals surface area contributed by atoms with Crippen LogP contribution >= 0.6 is 130 Å². The molecule has 135 heavy (non-hydrogen) atoms. The molecular formula is C79H226O40P16+16. The summed E-state index contributed by atoms with van der Waals surface area (Å²) >= 11 is 0. The summed E-state index contributed by atoms with van der Waals surface area (Å²) in [5.74, 6) is 1.84. The molecule has 40 nitrogen and oxygen atoms in total. The Morgan fingerprint density at radius 3 is 0.578 bits per heavy atom. The third-order valence-electron chi connectivity index (χ3n) is 9.37. The van der Waals surface area contributed by atoms with E-state index in [2.05, 4.69) is 84.4 Å². The summed E-state index contributed by atoms with van der Waals surface area (Å²) in [7, 11) is -21.1. The zero-order valence-corrected chi connectivity index (χ0v) is 87.3. The number of unbranched alkanes of at least 4 members (excludes halogenated alkanes) is 3. The molecule has 0 saturated heterocycles. The quantitative estimate of drug-likeness (QED) is 0.0160. The summed E-state index contributed by atoms with van der Waals surface area (Å²) in [5.41, 5.74) is 0. The molecule has 846 valence electrons. The first-order valence-electron chi connectivity index (χ1n) is 34.5. The molecule has 0 bridgehead atoms. The van der Waals surface area contributed by atoms with Crippen LogP contribution in [0.25, 0.3) is 0 Å². The van der Waals surface area contributed by atoms with Crippen molar-refractivity contribution in [3.63, 3.8) is 0 Å². The van der Waals surface area contributed by atoms with Crippen LogP contribution in [0.5, 0.6) is 0 Å². The van der Waals surface area contributed by atoms with Crippen molar-refractivity contribution in [2.45, 2.75) is 342 Å². The molecule has 0 aliphatic rings. The highest BCUT2D eigenvalue weighted by atomic mass is 31.2. The Morgan fingerprint density at radius 2 is 0.444 bits per heavy atom. The minimum Gasteiger partial charge on any atom is -0.150 e.